The maximum atomic E-state index is 6.66. The molecule has 2 atom stereocenters. The fraction of sp³-hybridized carbons (Fsp3) is 0.0811. The SMILES string of the molecule is ClC1=CC=CCC1Nc1cccc2c1-c1ccccc1C21c2ccccc2-c2c(Nc3ccccc3Cl)cccc21. The largest absolute Gasteiger partial charge is 0.377 e. The van der Waals surface area contributed by atoms with Crippen molar-refractivity contribution in [2.75, 3.05) is 10.6 Å². The van der Waals surface area contributed by atoms with Gasteiger partial charge in [0, 0.05) is 27.5 Å². The Bertz CT molecular complexity index is 1920. The molecule has 0 saturated heterocycles. The van der Waals surface area contributed by atoms with Crippen molar-refractivity contribution in [1.82, 2.24) is 0 Å². The van der Waals surface area contributed by atoms with Crippen LogP contribution in [-0.4, -0.2) is 6.04 Å². The van der Waals surface area contributed by atoms with Crippen molar-refractivity contribution in [2.24, 2.45) is 0 Å². The first kappa shape index (κ1) is 24.5. The van der Waals surface area contributed by atoms with Crippen LogP contribution in [0.15, 0.2) is 132 Å². The molecule has 41 heavy (non-hydrogen) atoms. The van der Waals surface area contributed by atoms with Gasteiger partial charge in [-0.15, -0.1) is 0 Å². The van der Waals surface area contributed by atoms with Crippen LogP contribution in [-0.2, 0) is 5.41 Å². The van der Waals surface area contributed by atoms with E-state index >= 15 is 0 Å². The summed E-state index contributed by atoms with van der Waals surface area (Å²) in [6.45, 7) is 0. The Balaban J connectivity index is 1.39. The molecule has 2 nitrogen and oxygen atoms in total. The van der Waals surface area contributed by atoms with Crippen LogP contribution in [0.1, 0.15) is 28.7 Å². The molecule has 8 rings (SSSR count). The molecule has 5 aromatic carbocycles. The molecule has 0 amide bonds. The Morgan fingerprint density at radius 3 is 1.83 bits per heavy atom. The van der Waals surface area contributed by atoms with E-state index in [0.29, 0.717) is 5.02 Å². The van der Waals surface area contributed by atoms with E-state index in [9.17, 15) is 0 Å². The lowest BCUT2D eigenvalue weighted by molar-refractivity contribution is 0.793. The number of para-hydroxylation sites is 1. The highest BCUT2D eigenvalue weighted by atomic mass is 35.5. The van der Waals surface area contributed by atoms with Crippen LogP contribution in [0.25, 0.3) is 22.3 Å². The number of rotatable bonds is 4. The van der Waals surface area contributed by atoms with E-state index in [-0.39, 0.29) is 6.04 Å². The van der Waals surface area contributed by atoms with Gasteiger partial charge >= 0.3 is 0 Å². The fourth-order valence-corrected chi connectivity index (χ4v) is 7.49. The number of benzene rings is 5. The number of hydrogen-bond donors (Lipinski definition) is 2. The van der Waals surface area contributed by atoms with Gasteiger partial charge in [0.15, 0.2) is 0 Å². The fourth-order valence-electron chi connectivity index (χ4n) is 7.09. The van der Waals surface area contributed by atoms with Gasteiger partial charge in [-0.1, -0.05) is 120 Å². The summed E-state index contributed by atoms with van der Waals surface area (Å²) in [4.78, 5) is 0. The molecule has 0 aliphatic heterocycles. The number of allylic oxidation sites excluding steroid dienone is 2. The minimum atomic E-state index is -0.445. The Labute approximate surface area is 250 Å². The molecule has 3 aliphatic rings. The second-order valence-corrected chi connectivity index (χ2v) is 11.7. The van der Waals surface area contributed by atoms with E-state index in [1.807, 2.05) is 36.4 Å². The normalized spacial score (nSPS) is 19.3. The highest BCUT2D eigenvalue weighted by Crippen LogP contribution is 2.65. The van der Waals surface area contributed by atoms with Crippen molar-refractivity contribution in [1.29, 1.82) is 0 Å². The van der Waals surface area contributed by atoms with E-state index in [4.69, 9.17) is 23.2 Å². The Morgan fingerprint density at radius 1 is 0.585 bits per heavy atom. The maximum Gasteiger partial charge on any atom is 0.0727 e. The first-order valence-corrected chi connectivity index (χ1v) is 14.7. The van der Waals surface area contributed by atoms with E-state index in [1.54, 1.807) is 0 Å². The predicted octanol–water partition coefficient (Wildman–Crippen LogP) is 10.3. The molecule has 0 bridgehead atoms. The molecule has 2 N–H and O–H groups in total. The van der Waals surface area contributed by atoms with Crippen LogP contribution in [0.2, 0.25) is 5.02 Å². The molecular formula is C37H26Cl2N2. The van der Waals surface area contributed by atoms with Gasteiger partial charge in [-0.3, -0.25) is 0 Å². The molecule has 3 aliphatic carbocycles. The quantitative estimate of drug-likeness (QED) is 0.220. The summed E-state index contributed by atoms with van der Waals surface area (Å²) >= 11 is 13.3. The summed E-state index contributed by atoms with van der Waals surface area (Å²) < 4.78 is 0. The van der Waals surface area contributed by atoms with Crippen LogP contribution < -0.4 is 10.6 Å². The van der Waals surface area contributed by atoms with Gasteiger partial charge < -0.3 is 10.6 Å². The maximum absolute atomic E-state index is 6.66. The molecular weight excluding hydrogens is 543 g/mol. The van der Waals surface area contributed by atoms with Crippen molar-refractivity contribution >= 4 is 40.3 Å². The van der Waals surface area contributed by atoms with Crippen LogP contribution in [0.3, 0.4) is 0 Å². The zero-order chi connectivity index (χ0) is 27.6. The highest BCUT2D eigenvalue weighted by molar-refractivity contribution is 6.33. The number of hydrogen-bond acceptors (Lipinski definition) is 2. The lowest BCUT2D eigenvalue weighted by Gasteiger charge is -2.31. The average molecular weight is 570 g/mol. The Hall–Kier alpha value is -4.24. The summed E-state index contributed by atoms with van der Waals surface area (Å²) in [7, 11) is 0. The van der Waals surface area contributed by atoms with Crippen molar-refractivity contribution in [2.45, 2.75) is 17.9 Å². The molecule has 0 saturated carbocycles. The summed E-state index contributed by atoms with van der Waals surface area (Å²) in [6.07, 6.45) is 7.03. The minimum absolute atomic E-state index is 0.0476. The number of nitrogens with one attached hydrogen (secondary N) is 2. The molecule has 0 heterocycles. The molecule has 4 heteroatoms. The van der Waals surface area contributed by atoms with Crippen molar-refractivity contribution < 1.29 is 0 Å². The number of fused-ring (bicyclic) bond motifs is 10. The van der Waals surface area contributed by atoms with Gasteiger partial charge in [-0.25, -0.2) is 0 Å². The smallest absolute Gasteiger partial charge is 0.0727 e. The third kappa shape index (κ3) is 3.51. The standard InChI is InChI=1S/C37H26Cl2N2/c38-29-17-5-7-19-31(29)40-33-21-9-15-27-35(33)23-11-1-3-13-25(23)37(27)26-14-4-2-12-24(26)36-28(37)16-10-22-34(36)41-32-20-8-6-18-30(32)39/h1-19,21-22,32,40-41H,20H2. The van der Waals surface area contributed by atoms with Gasteiger partial charge in [-0.05, 0) is 70.1 Å². The summed E-state index contributed by atoms with van der Waals surface area (Å²) in [5.74, 6) is 0. The third-order valence-corrected chi connectivity index (χ3v) is 9.43. The summed E-state index contributed by atoms with van der Waals surface area (Å²) in [6, 6.07) is 39.0. The summed E-state index contributed by atoms with van der Waals surface area (Å²) in [5.41, 5.74) is 12.7. The van der Waals surface area contributed by atoms with Gasteiger partial charge in [-0.2, -0.15) is 0 Å². The van der Waals surface area contributed by atoms with Crippen LogP contribution in [0, 0.1) is 0 Å². The third-order valence-electron chi connectivity index (χ3n) is 8.71. The lowest BCUT2D eigenvalue weighted by atomic mass is 9.70. The molecule has 0 radical (unpaired) electrons. The highest BCUT2D eigenvalue weighted by Gasteiger charge is 2.52. The van der Waals surface area contributed by atoms with Gasteiger partial charge in [0.2, 0.25) is 0 Å². The second kappa shape index (κ2) is 9.41. The first-order valence-electron chi connectivity index (χ1n) is 13.9. The number of anilines is 3. The van der Waals surface area contributed by atoms with Gasteiger partial charge in [0.05, 0.1) is 22.2 Å². The zero-order valence-electron chi connectivity index (χ0n) is 22.2. The molecule has 0 aromatic heterocycles. The lowest BCUT2D eigenvalue weighted by Crippen LogP contribution is -2.26. The zero-order valence-corrected chi connectivity index (χ0v) is 23.7. The van der Waals surface area contributed by atoms with Gasteiger partial charge in [0.25, 0.3) is 0 Å². The van der Waals surface area contributed by atoms with Gasteiger partial charge in [0.1, 0.15) is 0 Å². The molecule has 198 valence electrons. The van der Waals surface area contributed by atoms with Crippen LogP contribution in [0.5, 0.6) is 0 Å². The Morgan fingerprint density at radius 2 is 1.15 bits per heavy atom. The second-order valence-electron chi connectivity index (χ2n) is 10.8. The molecule has 5 aromatic rings. The average Bonchev–Trinajstić information content (AvgIpc) is 3.48. The number of halogens is 2. The molecule has 2 unspecified atom stereocenters. The molecule has 1 spiro atoms. The minimum Gasteiger partial charge on any atom is -0.377 e. The van der Waals surface area contributed by atoms with E-state index in [1.165, 1.54) is 44.5 Å². The van der Waals surface area contributed by atoms with E-state index < -0.39 is 5.41 Å². The van der Waals surface area contributed by atoms with E-state index in [0.717, 1.165) is 28.5 Å². The van der Waals surface area contributed by atoms with Crippen molar-refractivity contribution in [3.63, 3.8) is 0 Å². The Kier molecular flexibility index (Phi) is 5.63. The monoisotopic (exact) mass is 568 g/mol. The first-order chi connectivity index (χ1) is 20.2. The van der Waals surface area contributed by atoms with Crippen LogP contribution in [0.4, 0.5) is 17.1 Å². The van der Waals surface area contributed by atoms with Crippen molar-refractivity contribution in [3.05, 3.63) is 160 Å². The van der Waals surface area contributed by atoms with E-state index in [2.05, 4.69) is 102 Å². The predicted molar refractivity (Wildman–Crippen MR) is 173 cm³/mol. The topological polar surface area (TPSA) is 24.1 Å². The molecule has 0 fully saturated rings. The van der Waals surface area contributed by atoms with Crippen LogP contribution >= 0.6 is 23.2 Å². The van der Waals surface area contributed by atoms with Crippen molar-refractivity contribution in [3.8, 4) is 22.3 Å². The summed E-state index contributed by atoms with van der Waals surface area (Å²) in [5, 5.41) is 8.99.